The Hall–Kier alpha value is -2.03. The Labute approximate surface area is 220 Å². The van der Waals surface area contributed by atoms with E-state index in [9.17, 15) is 35.5 Å². The number of carbonyl (C=O) groups excluding carboxylic acids is 1. The lowest BCUT2D eigenvalue weighted by molar-refractivity contribution is -0.348. The molecule has 4 nitrogen and oxygen atoms in total. The number of halogens is 9. The lowest BCUT2D eigenvalue weighted by atomic mass is 9.89. The lowest BCUT2D eigenvalue weighted by Gasteiger charge is -2.31. The number of amides is 1. The number of benzene rings is 2. The van der Waals surface area contributed by atoms with Gasteiger partial charge in [-0.3, -0.25) is 4.79 Å². The fraction of sp³-hybridized carbons (Fsp3) is 0.286. The van der Waals surface area contributed by atoms with Gasteiger partial charge in [-0.15, -0.1) is 0 Å². The highest BCUT2D eigenvalue weighted by atomic mass is 79.9. The van der Waals surface area contributed by atoms with Gasteiger partial charge in [0.2, 0.25) is 0 Å². The van der Waals surface area contributed by atoms with Crippen LogP contribution in [0.5, 0.6) is 0 Å². The van der Waals surface area contributed by atoms with E-state index >= 15 is 0 Å². The Bertz CT molecular complexity index is 1350. The van der Waals surface area contributed by atoms with Crippen LogP contribution in [0.3, 0.4) is 0 Å². The fourth-order valence-corrected chi connectivity index (χ4v) is 5.72. The van der Waals surface area contributed by atoms with Crippen molar-refractivity contribution >= 4 is 65.7 Å². The summed E-state index contributed by atoms with van der Waals surface area (Å²) >= 11 is 9.23. The van der Waals surface area contributed by atoms with Crippen molar-refractivity contribution in [3.8, 4) is 0 Å². The van der Waals surface area contributed by atoms with Crippen molar-refractivity contribution < 1.29 is 35.5 Å². The summed E-state index contributed by atoms with van der Waals surface area (Å²) in [5, 5.41) is 2.72. The molecule has 0 spiro atoms. The molecule has 0 aliphatic rings. The topological polar surface area (TPSA) is 54.4 Å². The van der Waals surface area contributed by atoms with Gasteiger partial charge in [0.15, 0.2) is 9.82 Å². The van der Waals surface area contributed by atoms with E-state index in [0.717, 1.165) is 10.5 Å². The molecule has 1 amide bonds. The first-order chi connectivity index (χ1) is 16.6. The Morgan fingerprint density at radius 1 is 1.11 bits per heavy atom. The molecular weight excluding hydrogens is 623 g/mol. The predicted molar refractivity (Wildman–Crippen MR) is 128 cm³/mol. The number of rotatable bonds is 5. The monoisotopic (exact) mass is 635 g/mol. The molecule has 0 atom stereocenters. The zero-order chi connectivity index (χ0) is 27.1. The minimum atomic E-state index is -6.24. The van der Waals surface area contributed by atoms with Crippen molar-refractivity contribution in [2.75, 3.05) is 5.32 Å². The van der Waals surface area contributed by atoms with Gasteiger partial charge in [0.1, 0.15) is 0 Å². The van der Waals surface area contributed by atoms with Crippen LogP contribution in [0.2, 0.25) is 5.15 Å². The number of anilines is 1. The van der Waals surface area contributed by atoms with Gasteiger partial charge < -0.3 is 5.32 Å². The third-order valence-electron chi connectivity index (χ3n) is 5.06. The van der Waals surface area contributed by atoms with Crippen molar-refractivity contribution in [1.29, 1.82) is 0 Å². The van der Waals surface area contributed by atoms with Crippen LogP contribution < -0.4 is 9.99 Å². The van der Waals surface area contributed by atoms with Crippen LogP contribution in [-0.2, 0) is 12.1 Å². The predicted octanol–water partition coefficient (Wildman–Crippen LogP) is 8.27. The maximum absolute atomic E-state index is 14.6. The van der Waals surface area contributed by atoms with Crippen LogP contribution in [0.4, 0.5) is 42.1 Å². The molecule has 36 heavy (non-hydrogen) atoms. The van der Waals surface area contributed by atoms with Gasteiger partial charge in [-0.05, 0) is 75.0 Å². The standard InChI is InChI=1S/C21H14BrClF7N3OS2/c1-3-10-7-12(19(24,20(25,26)27)21(28,29)30)6-9(2)15(10)32-17(34)11-4-5-14(13(22)8-11)31-18-16(23)33-36-35-18/h4-8H,3H2,1-2H3,(H,32,34). The summed E-state index contributed by atoms with van der Waals surface area (Å²) in [5.41, 5.74) is -6.88. The van der Waals surface area contributed by atoms with E-state index in [1.54, 1.807) is 0 Å². The zero-order valence-corrected chi connectivity index (χ0v) is 22.1. The minimum absolute atomic E-state index is 0.0132. The third-order valence-corrected chi connectivity index (χ3v) is 7.86. The molecule has 0 bridgehead atoms. The van der Waals surface area contributed by atoms with Crippen LogP contribution in [0.15, 0.2) is 39.8 Å². The lowest BCUT2D eigenvalue weighted by Crippen LogP contribution is -2.50. The van der Waals surface area contributed by atoms with E-state index in [2.05, 4.69) is 30.6 Å². The summed E-state index contributed by atoms with van der Waals surface area (Å²) in [6, 6.07) is 5.28. The summed E-state index contributed by atoms with van der Waals surface area (Å²) in [6.07, 6.45) is -12.6. The molecule has 0 saturated heterocycles. The first kappa shape index (κ1) is 28.5. The van der Waals surface area contributed by atoms with E-state index in [1.165, 1.54) is 42.4 Å². The minimum Gasteiger partial charge on any atom is -0.321 e. The van der Waals surface area contributed by atoms with Gasteiger partial charge in [-0.25, -0.2) is 9.38 Å². The van der Waals surface area contributed by atoms with Gasteiger partial charge in [0, 0.05) is 31.8 Å². The SMILES string of the molecule is CCc1cc(C(F)(C(F)(F)F)C(F)(F)F)cc(C)c1NC(=O)c1ccc(N=c2ssnc2Cl)c(Br)c1. The number of alkyl halides is 7. The Morgan fingerprint density at radius 3 is 2.25 bits per heavy atom. The molecule has 1 aromatic heterocycles. The van der Waals surface area contributed by atoms with Crippen molar-refractivity contribution in [1.82, 2.24) is 4.37 Å². The summed E-state index contributed by atoms with van der Waals surface area (Å²) in [7, 11) is 2.39. The molecule has 15 heteroatoms. The first-order valence-corrected chi connectivity index (χ1v) is 13.1. The van der Waals surface area contributed by atoms with E-state index in [4.69, 9.17) is 11.6 Å². The van der Waals surface area contributed by atoms with Crippen LogP contribution in [-0.4, -0.2) is 22.6 Å². The molecule has 194 valence electrons. The van der Waals surface area contributed by atoms with E-state index in [-0.39, 0.29) is 34.0 Å². The van der Waals surface area contributed by atoms with Crippen LogP contribution in [0.25, 0.3) is 0 Å². The van der Waals surface area contributed by atoms with E-state index < -0.39 is 29.5 Å². The molecule has 3 rings (SSSR count). The quantitative estimate of drug-likeness (QED) is 0.227. The van der Waals surface area contributed by atoms with Gasteiger partial charge in [0.25, 0.3) is 5.91 Å². The number of nitrogens with one attached hydrogen (secondary N) is 1. The molecule has 0 unspecified atom stereocenters. The fourth-order valence-electron chi connectivity index (χ4n) is 3.26. The number of aromatic nitrogens is 1. The molecule has 0 aliphatic heterocycles. The molecule has 1 N–H and O–H groups in total. The second kappa shape index (κ2) is 10.4. The van der Waals surface area contributed by atoms with E-state index in [1.807, 2.05) is 0 Å². The summed E-state index contributed by atoms with van der Waals surface area (Å²) in [6.45, 7) is 2.64. The van der Waals surface area contributed by atoms with Crippen molar-refractivity contribution in [3.05, 3.63) is 66.9 Å². The van der Waals surface area contributed by atoms with Gasteiger partial charge >= 0.3 is 18.0 Å². The first-order valence-electron chi connectivity index (χ1n) is 9.83. The van der Waals surface area contributed by atoms with Crippen molar-refractivity contribution in [2.45, 2.75) is 38.3 Å². The molecule has 0 saturated carbocycles. The molecule has 1 heterocycles. The van der Waals surface area contributed by atoms with Gasteiger partial charge in [0.05, 0.1) is 5.69 Å². The van der Waals surface area contributed by atoms with Crippen LogP contribution in [0.1, 0.15) is 34.0 Å². The maximum Gasteiger partial charge on any atom is 0.435 e. The van der Waals surface area contributed by atoms with Crippen LogP contribution in [0, 0.1) is 6.92 Å². The zero-order valence-electron chi connectivity index (χ0n) is 18.1. The number of hydrogen-bond donors (Lipinski definition) is 1. The Morgan fingerprint density at radius 2 is 1.75 bits per heavy atom. The van der Waals surface area contributed by atoms with Crippen molar-refractivity contribution in [2.24, 2.45) is 4.99 Å². The maximum atomic E-state index is 14.6. The van der Waals surface area contributed by atoms with Crippen LogP contribution >= 0.6 is 48.4 Å². The Balaban J connectivity index is 1.98. The molecule has 2 aromatic carbocycles. The molecule has 0 aliphatic carbocycles. The summed E-state index contributed by atoms with van der Waals surface area (Å²) in [5.74, 6) is -0.691. The number of carbonyl (C=O) groups is 1. The smallest absolute Gasteiger partial charge is 0.321 e. The number of aryl methyl sites for hydroxylation is 2. The largest absolute Gasteiger partial charge is 0.435 e. The highest BCUT2D eigenvalue weighted by Crippen LogP contribution is 2.54. The Kier molecular flexibility index (Phi) is 8.23. The molecule has 3 aromatic rings. The highest BCUT2D eigenvalue weighted by molar-refractivity contribution is 9.10. The van der Waals surface area contributed by atoms with E-state index in [0.29, 0.717) is 27.0 Å². The highest BCUT2D eigenvalue weighted by Gasteiger charge is 2.73. The average Bonchev–Trinajstić information content (AvgIpc) is 3.18. The molecule has 0 radical (unpaired) electrons. The number of hydrogen-bond acceptors (Lipinski definition) is 5. The molecule has 0 fully saturated rings. The second-order valence-corrected chi connectivity index (χ2v) is 10.5. The van der Waals surface area contributed by atoms with Gasteiger partial charge in [-0.2, -0.15) is 30.7 Å². The number of nitrogens with zero attached hydrogens (tertiary/aromatic N) is 2. The summed E-state index contributed by atoms with van der Waals surface area (Å²) < 4.78 is 98.6. The summed E-state index contributed by atoms with van der Waals surface area (Å²) in [4.78, 5) is 17.2. The molecular formula is C21H14BrClF7N3OS2. The van der Waals surface area contributed by atoms with Crippen molar-refractivity contribution in [3.63, 3.8) is 0 Å². The second-order valence-electron chi connectivity index (χ2n) is 7.41. The van der Waals surface area contributed by atoms with Gasteiger partial charge in [-0.1, -0.05) is 24.6 Å². The third kappa shape index (κ3) is 5.46. The normalized spacial score (nSPS) is 13.2. The average molecular weight is 637 g/mol.